The number of aliphatic imine (C=N–C) groups is 1. The number of nitrogens with one attached hydrogen (secondary N) is 1. The van der Waals surface area contributed by atoms with Crippen molar-refractivity contribution >= 4 is 21.6 Å². The number of hydrogen-bond acceptors (Lipinski definition) is 9. The molecule has 272 valence electrons. The molecule has 4 aromatic rings. The molecule has 1 heterocycles. The first-order valence-electron chi connectivity index (χ1n) is 16.0. The van der Waals surface area contributed by atoms with Gasteiger partial charge in [-0.2, -0.15) is 0 Å². The van der Waals surface area contributed by atoms with Crippen LogP contribution < -0.4 is 14.8 Å². The fourth-order valence-corrected chi connectivity index (χ4v) is 6.96. The quantitative estimate of drug-likeness (QED) is 0.0565. The molecule has 1 amide bonds. The maximum absolute atomic E-state index is 14.5. The second-order valence-corrected chi connectivity index (χ2v) is 13.7. The van der Waals surface area contributed by atoms with Crippen LogP contribution in [0.2, 0.25) is 0 Å². The zero-order valence-electron chi connectivity index (χ0n) is 27.6. The Morgan fingerprint density at radius 2 is 1.65 bits per heavy atom. The number of benzene rings is 4. The third-order valence-corrected chi connectivity index (χ3v) is 9.87. The Morgan fingerprint density at radius 3 is 2.33 bits per heavy atom. The van der Waals surface area contributed by atoms with Crippen LogP contribution in [-0.4, -0.2) is 56.2 Å². The Morgan fingerprint density at radius 1 is 0.981 bits per heavy atom. The molecular weight excluding hydrogens is 703 g/mol. The van der Waals surface area contributed by atoms with Crippen molar-refractivity contribution in [1.29, 1.82) is 0 Å². The predicted octanol–water partition coefficient (Wildman–Crippen LogP) is 6.59. The van der Waals surface area contributed by atoms with Crippen LogP contribution in [-0.2, 0) is 32.5 Å². The van der Waals surface area contributed by atoms with Gasteiger partial charge < -0.3 is 24.6 Å². The van der Waals surface area contributed by atoms with Gasteiger partial charge in [0, 0.05) is 36.5 Å². The molecular formula is C36H34F3N5O7S. The SMILES string of the molecule is [N-]=[N+]=NCc1ccccc1[C@H]1OC(c2ccc(OCCCO)cc2)=N[C@@]1(CCS(=O)(=O)c1ccccc1)C(=O)NCc1ccc(OC(F)(F)F)cc1. The molecule has 0 bridgehead atoms. The zero-order valence-corrected chi connectivity index (χ0v) is 28.4. The summed E-state index contributed by atoms with van der Waals surface area (Å²) >= 11 is 0. The topological polar surface area (TPSA) is 172 Å². The second kappa shape index (κ2) is 16.6. The molecule has 2 atom stereocenters. The molecule has 4 aromatic carbocycles. The molecule has 1 aliphatic heterocycles. The Kier molecular flexibility index (Phi) is 12.1. The van der Waals surface area contributed by atoms with Gasteiger partial charge in [-0.3, -0.25) is 4.79 Å². The highest BCUT2D eigenvalue weighted by molar-refractivity contribution is 7.91. The summed E-state index contributed by atoms with van der Waals surface area (Å²) in [6, 6.07) is 26.1. The van der Waals surface area contributed by atoms with E-state index in [-0.39, 0.29) is 43.5 Å². The highest BCUT2D eigenvalue weighted by atomic mass is 32.2. The van der Waals surface area contributed by atoms with Crippen molar-refractivity contribution in [2.24, 2.45) is 10.1 Å². The second-order valence-electron chi connectivity index (χ2n) is 11.6. The summed E-state index contributed by atoms with van der Waals surface area (Å²) in [6.45, 7) is -0.00792. The summed E-state index contributed by atoms with van der Waals surface area (Å²) < 4.78 is 81.4. The van der Waals surface area contributed by atoms with E-state index in [1.54, 1.807) is 66.7 Å². The van der Waals surface area contributed by atoms with Crippen molar-refractivity contribution in [2.45, 2.75) is 48.8 Å². The van der Waals surface area contributed by atoms with Crippen molar-refractivity contribution in [3.8, 4) is 11.5 Å². The van der Waals surface area contributed by atoms with E-state index >= 15 is 0 Å². The average Bonchev–Trinajstić information content (AvgIpc) is 3.54. The number of aliphatic hydroxyl groups is 1. The van der Waals surface area contributed by atoms with E-state index < -0.39 is 45.3 Å². The van der Waals surface area contributed by atoms with E-state index in [2.05, 4.69) is 20.1 Å². The Labute approximate surface area is 297 Å². The summed E-state index contributed by atoms with van der Waals surface area (Å²) in [5, 5.41) is 15.6. The first kappa shape index (κ1) is 37.7. The number of rotatable bonds is 16. The minimum Gasteiger partial charge on any atom is -0.494 e. The molecule has 12 nitrogen and oxygen atoms in total. The first-order valence-corrected chi connectivity index (χ1v) is 17.7. The Hall–Kier alpha value is -5.57. The molecule has 2 N–H and O–H groups in total. The van der Waals surface area contributed by atoms with Crippen LogP contribution in [0.25, 0.3) is 10.4 Å². The molecule has 0 aromatic heterocycles. The lowest BCUT2D eigenvalue weighted by Crippen LogP contribution is -2.49. The molecule has 0 aliphatic carbocycles. The van der Waals surface area contributed by atoms with Crippen LogP contribution in [0.1, 0.15) is 41.2 Å². The predicted molar refractivity (Wildman–Crippen MR) is 184 cm³/mol. The smallest absolute Gasteiger partial charge is 0.494 e. The van der Waals surface area contributed by atoms with Gasteiger partial charge in [0.25, 0.3) is 5.91 Å². The summed E-state index contributed by atoms with van der Waals surface area (Å²) in [4.78, 5) is 22.3. The molecule has 16 heteroatoms. The standard InChI is InChI=1S/C36H34F3N5O7S/c37-36(38,39)51-29-15-11-25(12-16-29)23-41-34(46)35(19-22-52(47,48)30-8-2-1-3-9-30)32(31-10-5-4-7-27(31)24-42-44-40)50-33(43-35)26-13-17-28(18-14-26)49-21-6-20-45/h1-5,7-18,32,45H,6,19-24H2,(H,41,46)/t32-,35-/m1/s1. The number of hydrogen-bond donors (Lipinski definition) is 2. The van der Waals surface area contributed by atoms with Crippen LogP contribution >= 0.6 is 0 Å². The van der Waals surface area contributed by atoms with Gasteiger partial charge in [-0.1, -0.05) is 59.7 Å². The average molecular weight is 738 g/mol. The highest BCUT2D eigenvalue weighted by Crippen LogP contribution is 2.44. The van der Waals surface area contributed by atoms with Gasteiger partial charge in [0.15, 0.2) is 21.5 Å². The Balaban J connectivity index is 1.56. The largest absolute Gasteiger partial charge is 0.573 e. The third-order valence-electron chi connectivity index (χ3n) is 8.14. The lowest BCUT2D eigenvalue weighted by atomic mass is 9.83. The number of carbonyl (C=O) groups is 1. The molecule has 5 rings (SSSR count). The van der Waals surface area contributed by atoms with Crippen molar-refractivity contribution in [1.82, 2.24) is 5.32 Å². The minimum atomic E-state index is -4.88. The fraction of sp³-hybridized carbons (Fsp3) is 0.278. The number of halogens is 3. The van der Waals surface area contributed by atoms with Crippen molar-refractivity contribution in [3.63, 3.8) is 0 Å². The normalized spacial score (nSPS) is 17.0. The Bertz CT molecular complexity index is 2020. The van der Waals surface area contributed by atoms with E-state index in [1.165, 1.54) is 24.3 Å². The van der Waals surface area contributed by atoms with Crippen molar-refractivity contribution < 1.29 is 45.7 Å². The molecule has 0 saturated carbocycles. The number of carbonyl (C=O) groups excluding carboxylic acids is 1. The van der Waals surface area contributed by atoms with Gasteiger partial charge in [0.05, 0.1) is 23.8 Å². The number of nitrogens with zero attached hydrogens (tertiary/aromatic N) is 4. The van der Waals surface area contributed by atoms with Crippen LogP contribution in [0.3, 0.4) is 0 Å². The first-order chi connectivity index (χ1) is 24.9. The van der Waals surface area contributed by atoms with E-state index in [0.29, 0.717) is 34.4 Å². The summed E-state index contributed by atoms with van der Waals surface area (Å²) in [5.41, 5.74) is 8.99. The molecule has 52 heavy (non-hydrogen) atoms. The van der Waals surface area contributed by atoms with E-state index in [1.807, 2.05) is 0 Å². The van der Waals surface area contributed by atoms with Gasteiger partial charge in [-0.15, -0.1) is 13.2 Å². The van der Waals surface area contributed by atoms with Gasteiger partial charge in [0.1, 0.15) is 11.5 Å². The maximum atomic E-state index is 14.5. The highest BCUT2D eigenvalue weighted by Gasteiger charge is 2.54. The lowest BCUT2D eigenvalue weighted by molar-refractivity contribution is -0.274. The molecule has 0 saturated heterocycles. The number of azide groups is 1. The number of alkyl halides is 3. The number of amides is 1. The molecule has 1 aliphatic rings. The third kappa shape index (κ3) is 9.40. The maximum Gasteiger partial charge on any atom is 0.573 e. The zero-order chi connectivity index (χ0) is 37.2. The van der Waals surface area contributed by atoms with Crippen molar-refractivity contribution in [3.05, 3.63) is 136 Å². The van der Waals surface area contributed by atoms with E-state index in [9.17, 15) is 26.4 Å². The van der Waals surface area contributed by atoms with E-state index in [4.69, 9.17) is 25.1 Å². The molecule has 0 unspecified atom stereocenters. The van der Waals surface area contributed by atoms with Crippen LogP contribution in [0.4, 0.5) is 13.2 Å². The number of aliphatic hydroxyl groups excluding tert-OH is 1. The summed E-state index contributed by atoms with van der Waals surface area (Å²) in [5.74, 6) is -1.12. The van der Waals surface area contributed by atoms with Gasteiger partial charge in [-0.05, 0) is 70.8 Å². The van der Waals surface area contributed by atoms with Crippen LogP contribution in [0, 0.1) is 0 Å². The fourth-order valence-electron chi connectivity index (χ4n) is 5.57. The van der Waals surface area contributed by atoms with Gasteiger partial charge in [0.2, 0.25) is 5.90 Å². The van der Waals surface area contributed by atoms with E-state index in [0.717, 1.165) is 12.1 Å². The van der Waals surface area contributed by atoms with Crippen LogP contribution in [0.15, 0.2) is 118 Å². The summed E-state index contributed by atoms with van der Waals surface area (Å²) in [6.07, 6.45) is -6.00. The molecule has 0 spiro atoms. The number of ether oxygens (including phenoxy) is 3. The van der Waals surface area contributed by atoms with Crippen LogP contribution in [0.5, 0.6) is 11.5 Å². The van der Waals surface area contributed by atoms with Gasteiger partial charge >= 0.3 is 6.36 Å². The van der Waals surface area contributed by atoms with Crippen molar-refractivity contribution in [2.75, 3.05) is 19.0 Å². The summed E-state index contributed by atoms with van der Waals surface area (Å²) in [7, 11) is -3.95. The molecule has 0 radical (unpaired) electrons. The van der Waals surface area contributed by atoms with Gasteiger partial charge in [-0.25, -0.2) is 13.4 Å². The monoisotopic (exact) mass is 737 g/mol. The lowest BCUT2D eigenvalue weighted by Gasteiger charge is -2.31. The molecule has 0 fully saturated rings. The number of sulfone groups is 1. The minimum absolute atomic E-state index is 0.0337.